The van der Waals surface area contributed by atoms with Crippen LogP contribution in [-0.4, -0.2) is 58.7 Å². The molecule has 124 valence electrons. The van der Waals surface area contributed by atoms with Crippen molar-refractivity contribution in [3.8, 4) is 0 Å². The van der Waals surface area contributed by atoms with Gasteiger partial charge < -0.3 is 15.1 Å². The van der Waals surface area contributed by atoms with E-state index in [2.05, 4.69) is 34.3 Å². The van der Waals surface area contributed by atoms with Gasteiger partial charge in [-0.15, -0.1) is 0 Å². The van der Waals surface area contributed by atoms with E-state index in [0.717, 1.165) is 44.0 Å². The molecule has 2 heterocycles. The first-order valence-corrected chi connectivity index (χ1v) is 9.06. The zero-order valence-corrected chi connectivity index (χ0v) is 14.5. The van der Waals surface area contributed by atoms with Crippen LogP contribution < -0.4 is 10.6 Å². The van der Waals surface area contributed by atoms with Crippen molar-refractivity contribution in [2.45, 2.75) is 57.7 Å². The third-order valence-corrected chi connectivity index (χ3v) is 5.74. The zero-order chi connectivity index (χ0) is 15.7. The van der Waals surface area contributed by atoms with Crippen molar-refractivity contribution in [2.24, 2.45) is 5.92 Å². The van der Waals surface area contributed by atoms with Gasteiger partial charge in [-0.3, -0.25) is 10.1 Å². The van der Waals surface area contributed by atoms with E-state index in [-0.39, 0.29) is 11.6 Å². The van der Waals surface area contributed by atoms with Crippen LogP contribution in [-0.2, 0) is 4.79 Å². The molecule has 0 aromatic carbocycles. The van der Waals surface area contributed by atoms with Crippen LogP contribution in [0, 0.1) is 5.92 Å². The molecule has 0 aromatic rings. The SMILES string of the molecule is CC[C@H](C)CN1C(=O)CNC12CCN(C(=S)NC1CC1)CC2. The summed E-state index contributed by atoms with van der Waals surface area (Å²) < 4.78 is 0. The van der Waals surface area contributed by atoms with Crippen molar-refractivity contribution in [1.82, 2.24) is 20.4 Å². The van der Waals surface area contributed by atoms with Crippen molar-refractivity contribution in [3.63, 3.8) is 0 Å². The molecule has 1 spiro atoms. The molecule has 0 aromatic heterocycles. The maximum atomic E-state index is 12.3. The van der Waals surface area contributed by atoms with E-state index in [4.69, 9.17) is 12.2 Å². The number of carbonyl (C=O) groups excluding carboxylic acids is 1. The van der Waals surface area contributed by atoms with E-state index in [9.17, 15) is 4.79 Å². The number of rotatable bonds is 4. The Labute approximate surface area is 138 Å². The summed E-state index contributed by atoms with van der Waals surface area (Å²) in [7, 11) is 0. The van der Waals surface area contributed by atoms with Crippen molar-refractivity contribution in [2.75, 3.05) is 26.2 Å². The Morgan fingerprint density at radius 2 is 2.14 bits per heavy atom. The highest BCUT2D eigenvalue weighted by Crippen LogP contribution is 2.31. The summed E-state index contributed by atoms with van der Waals surface area (Å²) in [5.41, 5.74) is -0.133. The fraction of sp³-hybridized carbons (Fsp3) is 0.875. The van der Waals surface area contributed by atoms with E-state index in [1.807, 2.05) is 0 Å². The van der Waals surface area contributed by atoms with Gasteiger partial charge in [0.15, 0.2) is 5.11 Å². The second-order valence-corrected chi connectivity index (χ2v) is 7.50. The van der Waals surface area contributed by atoms with E-state index in [0.29, 0.717) is 18.5 Å². The van der Waals surface area contributed by atoms with Crippen LogP contribution in [0.5, 0.6) is 0 Å². The molecule has 2 saturated heterocycles. The summed E-state index contributed by atoms with van der Waals surface area (Å²) in [6.45, 7) is 7.62. The highest BCUT2D eigenvalue weighted by molar-refractivity contribution is 7.80. The van der Waals surface area contributed by atoms with Crippen molar-refractivity contribution >= 4 is 23.2 Å². The third kappa shape index (κ3) is 3.23. The van der Waals surface area contributed by atoms with Crippen LogP contribution in [0.3, 0.4) is 0 Å². The molecule has 0 bridgehead atoms. The van der Waals surface area contributed by atoms with Crippen LogP contribution in [0.25, 0.3) is 0 Å². The van der Waals surface area contributed by atoms with E-state index in [1.165, 1.54) is 12.8 Å². The number of carbonyl (C=O) groups is 1. The molecule has 2 N–H and O–H groups in total. The van der Waals surface area contributed by atoms with Gasteiger partial charge in [-0.25, -0.2) is 0 Å². The smallest absolute Gasteiger partial charge is 0.238 e. The fourth-order valence-electron chi connectivity index (χ4n) is 3.41. The lowest BCUT2D eigenvalue weighted by molar-refractivity contribution is -0.132. The summed E-state index contributed by atoms with van der Waals surface area (Å²) in [5, 5.41) is 7.82. The van der Waals surface area contributed by atoms with Gasteiger partial charge in [0.2, 0.25) is 5.91 Å². The first-order valence-electron chi connectivity index (χ1n) is 8.65. The maximum absolute atomic E-state index is 12.3. The molecule has 3 fully saturated rings. The highest BCUT2D eigenvalue weighted by Gasteiger charge is 2.47. The topological polar surface area (TPSA) is 47.6 Å². The van der Waals surface area contributed by atoms with Gasteiger partial charge in [0.05, 0.1) is 12.2 Å². The summed E-state index contributed by atoms with van der Waals surface area (Å²) in [6.07, 6.45) is 5.53. The molecule has 1 aliphatic carbocycles. The molecule has 1 amide bonds. The minimum atomic E-state index is -0.133. The van der Waals surface area contributed by atoms with Crippen LogP contribution in [0.15, 0.2) is 0 Å². The Bertz CT molecular complexity index is 443. The van der Waals surface area contributed by atoms with Crippen LogP contribution >= 0.6 is 12.2 Å². The molecule has 1 atom stereocenters. The van der Waals surface area contributed by atoms with Gasteiger partial charge in [0, 0.05) is 38.5 Å². The Morgan fingerprint density at radius 3 is 2.73 bits per heavy atom. The average molecular weight is 324 g/mol. The standard InChI is InChI=1S/C16H28N4OS/c1-3-12(2)11-20-14(21)10-17-16(20)6-8-19(9-7-16)15(22)18-13-4-5-13/h12-13,17H,3-11H2,1-2H3,(H,18,22)/t12-/m0/s1. The lowest BCUT2D eigenvalue weighted by atomic mass is 9.95. The Kier molecular flexibility index (Phi) is 4.59. The van der Waals surface area contributed by atoms with Gasteiger partial charge >= 0.3 is 0 Å². The molecule has 0 radical (unpaired) electrons. The van der Waals surface area contributed by atoms with Crippen LogP contribution in [0.2, 0.25) is 0 Å². The molecule has 6 heteroatoms. The van der Waals surface area contributed by atoms with Crippen LogP contribution in [0.4, 0.5) is 0 Å². The van der Waals surface area contributed by atoms with Crippen molar-refractivity contribution in [3.05, 3.63) is 0 Å². The number of likely N-dealkylation sites (tertiary alicyclic amines) is 1. The van der Waals surface area contributed by atoms with Crippen LogP contribution in [0.1, 0.15) is 46.0 Å². The lowest BCUT2D eigenvalue weighted by Crippen LogP contribution is -2.60. The average Bonchev–Trinajstić information content (AvgIpc) is 3.29. The molecule has 0 unspecified atom stereocenters. The quantitative estimate of drug-likeness (QED) is 0.763. The largest absolute Gasteiger partial charge is 0.360 e. The third-order valence-electron chi connectivity index (χ3n) is 5.36. The molecule has 1 saturated carbocycles. The minimum Gasteiger partial charge on any atom is -0.360 e. The first-order chi connectivity index (χ1) is 10.5. The van der Waals surface area contributed by atoms with Gasteiger partial charge in [0.25, 0.3) is 0 Å². The normalized spacial score (nSPS) is 25.6. The number of nitrogens with one attached hydrogen (secondary N) is 2. The van der Waals surface area contributed by atoms with Crippen molar-refractivity contribution in [1.29, 1.82) is 0 Å². The second kappa shape index (κ2) is 6.32. The van der Waals surface area contributed by atoms with Gasteiger partial charge in [0.1, 0.15) is 0 Å². The molecule has 22 heavy (non-hydrogen) atoms. The first kappa shape index (κ1) is 16.0. The van der Waals surface area contributed by atoms with Crippen molar-refractivity contribution < 1.29 is 4.79 Å². The summed E-state index contributed by atoms with van der Waals surface area (Å²) in [6, 6.07) is 0.608. The lowest BCUT2D eigenvalue weighted by Gasteiger charge is -2.46. The Hall–Kier alpha value is -0.880. The number of amides is 1. The second-order valence-electron chi connectivity index (χ2n) is 7.11. The highest BCUT2D eigenvalue weighted by atomic mass is 32.1. The summed E-state index contributed by atoms with van der Waals surface area (Å²) >= 11 is 5.51. The molecule has 2 aliphatic heterocycles. The zero-order valence-electron chi connectivity index (χ0n) is 13.7. The fourth-order valence-corrected chi connectivity index (χ4v) is 3.76. The number of thiocarbonyl (C=S) groups is 1. The monoisotopic (exact) mass is 324 g/mol. The number of hydrogen-bond donors (Lipinski definition) is 2. The molecule has 5 nitrogen and oxygen atoms in total. The molecular formula is C16H28N4OS. The predicted octanol–water partition coefficient (Wildman–Crippen LogP) is 1.29. The summed E-state index contributed by atoms with van der Waals surface area (Å²) in [5.74, 6) is 0.809. The molecular weight excluding hydrogens is 296 g/mol. The maximum Gasteiger partial charge on any atom is 0.238 e. The minimum absolute atomic E-state index is 0.133. The molecule has 3 aliphatic rings. The number of nitrogens with zero attached hydrogens (tertiary/aromatic N) is 2. The van der Waals surface area contributed by atoms with Gasteiger partial charge in [-0.05, 0) is 31.0 Å². The number of hydrogen-bond acceptors (Lipinski definition) is 3. The number of piperidine rings is 1. The molecule has 3 rings (SSSR count). The van der Waals surface area contributed by atoms with E-state index in [1.54, 1.807) is 0 Å². The van der Waals surface area contributed by atoms with E-state index >= 15 is 0 Å². The van der Waals surface area contributed by atoms with Gasteiger partial charge in [-0.2, -0.15) is 0 Å². The Morgan fingerprint density at radius 1 is 1.45 bits per heavy atom. The van der Waals surface area contributed by atoms with E-state index < -0.39 is 0 Å². The van der Waals surface area contributed by atoms with Gasteiger partial charge in [-0.1, -0.05) is 20.3 Å². The Balaban J connectivity index is 1.59. The predicted molar refractivity (Wildman–Crippen MR) is 91.5 cm³/mol. The summed E-state index contributed by atoms with van der Waals surface area (Å²) in [4.78, 5) is 16.7.